The molecule has 0 saturated carbocycles. The summed E-state index contributed by atoms with van der Waals surface area (Å²) in [5.41, 5.74) is 0.577. The van der Waals surface area contributed by atoms with Gasteiger partial charge in [0.25, 0.3) is 5.91 Å². The lowest BCUT2D eigenvalue weighted by molar-refractivity contribution is -0.130. The maximum absolute atomic E-state index is 12.3. The van der Waals surface area contributed by atoms with E-state index in [0.29, 0.717) is 29.5 Å². The number of benzene rings is 2. The van der Waals surface area contributed by atoms with Gasteiger partial charge >= 0.3 is 0 Å². The minimum Gasteiger partial charge on any atom is -0.490 e. The molecular formula is C20H23ClN2O3. The molecule has 26 heavy (non-hydrogen) atoms. The molecule has 0 heterocycles. The Hall–Kier alpha value is -2.53. The van der Waals surface area contributed by atoms with Crippen molar-refractivity contribution in [2.24, 2.45) is 0 Å². The number of rotatable bonds is 8. The summed E-state index contributed by atoms with van der Waals surface area (Å²) in [6.45, 7) is 2.59. The zero-order valence-corrected chi connectivity index (χ0v) is 15.7. The Balaban J connectivity index is 1.74. The summed E-state index contributed by atoms with van der Waals surface area (Å²) < 4.78 is 5.59. The highest BCUT2D eigenvalue weighted by atomic mass is 35.5. The molecule has 0 spiro atoms. The van der Waals surface area contributed by atoms with Crippen LogP contribution in [-0.2, 0) is 4.79 Å². The summed E-state index contributed by atoms with van der Waals surface area (Å²) in [5.74, 6) is 0.350. The zero-order valence-electron chi connectivity index (χ0n) is 14.9. The van der Waals surface area contributed by atoms with Gasteiger partial charge in [0.2, 0.25) is 5.91 Å². The Morgan fingerprint density at radius 1 is 1.12 bits per heavy atom. The summed E-state index contributed by atoms with van der Waals surface area (Å²) in [6.07, 6.45) is 0.223. The van der Waals surface area contributed by atoms with Crippen LogP contribution in [0.2, 0.25) is 5.02 Å². The van der Waals surface area contributed by atoms with Crippen molar-refractivity contribution in [3.05, 3.63) is 65.2 Å². The summed E-state index contributed by atoms with van der Waals surface area (Å²) >= 11 is 6.02. The van der Waals surface area contributed by atoms with Gasteiger partial charge in [-0.05, 0) is 31.2 Å². The van der Waals surface area contributed by atoms with Crippen molar-refractivity contribution < 1.29 is 14.3 Å². The molecule has 2 aromatic rings. The average Bonchev–Trinajstić information content (AvgIpc) is 2.63. The third-order valence-electron chi connectivity index (χ3n) is 3.84. The van der Waals surface area contributed by atoms with Gasteiger partial charge in [0.05, 0.1) is 11.6 Å². The molecule has 0 aromatic heterocycles. The van der Waals surface area contributed by atoms with Gasteiger partial charge in [0, 0.05) is 25.1 Å². The molecule has 1 unspecified atom stereocenters. The second-order valence-corrected chi connectivity index (χ2v) is 6.45. The maximum Gasteiger partial charge on any atom is 0.251 e. The predicted octanol–water partition coefficient (Wildman–Crippen LogP) is 3.39. The Kier molecular flexibility index (Phi) is 7.48. The Bertz CT molecular complexity index is 737. The number of amides is 2. The van der Waals surface area contributed by atoms with Crippen molar-refractivity contribution in [2.75, 3.05) is 20.2 Å². The lowest BCUT2D eigenvalue weighted by Gasteiger charge is -2.20. The van der Waals surface area contributed by atoms with E-state index in [9.17, 15) is 9.59 Å². The molecule has 0 fully saturated rings. The number of hydrogen-bond donors (Lipinski definition) is 1. The predicted molar refractivity (Wildman–Crippen MR) is 103 cm³/mol. The fourth-order valence-electron chi connectivity index (χ4n) is 2.34. The van der Waals surface area contributed by atoms with Gasteiger partial charge in [0.15, 0.2) is 0 Å². The van der Waals surface area contributed by atoms with Crippen LogP contribution in [0.3, 0.4) is 0 Å². The van der Waals surface area contributed by atoms with Gasteiger partial charge in [-0.3, -0.25) is 9.59 Å². The van der Waals surface area contributed by atoms with Crippen LogP contribution in [0.25, 0.3) is 0 Å². The molecule has 0 aliphatic carbocycles. The molecule has 0 bridgehead atoms. The average molecular weight is 375 g/mol. The quantitative estimate of drug-likeness (QED) is 0.770. The van der Waals surface area contributed by atoms with Crippen LogP contribution >= 0.6 is 11.6 Å². The molecule has 0 aliphatic rings. The Labute approximate surface area is 158 Å². The highest BCUT2D eigenvalue weighted by molar-refractivity contribution is 6.32. The molecule has 2 rings (SSSR count). The smallest absolute Gasteiger partial charge is 0.251 e. The molecule has 1 atom stereocenters. The molecule has 138 valence electrons. The number of nitrogens with zero attached hydrogens (tertiary/aromatic N) is 1. The van der Waals surface area contributed by atoms with Crippen molar-refractivity contribution in [1.82, 2.24) is 10.2 Å². The van der Waals surface area contributed by atoms with Gasteiger partial charge < -0.3 is 15.0 Å². The fourth-order valence-corrected chi connectivity index (χ4v) is 2.53. The van der Waals surface area contributed by atoms with E-state index < -0.39 is 0 Å². The summed E-state index contributed by atoms with van der Waals surface area (Å²) in [4.78, 5) is 26.0. The van der Waals surface area contributed by atoms with E-state index in [4.69, 9.17) is 16.3 Å². The first kappa shape index (κ1) is 19.8. The summed E-state index contributed by atoms with van der Waals surface area (Å²) in [7, 11) is 1.71. The van der Waals surface area contributed by atoms with E-state index in [1.807, 2.05) is 25.1 Å². The van der Waals surface area contributed by atoms with Gasteiger partial charge in [-0.1, -0.05) is 41.9 Å². The summed E-state index contributed by atoms with van der Waals surface area (Å²) in [5, 5.41) is 3.38. The van der Waals surface area contributed by atoms with Crippen LogP contribution in [-0.4, -0.2) is 43.0 Å². The topological polar surface area (TPSA) is 58.6 Å². The van der Waals surface area contributed by atoms with E-state index in [1.54, 1.807) is 48.3 Å². The zero-order chi connectivity index (χ0) is 18.9. The van der Waals surface area contributed by atoms with Crippen LogP contribution in [0.5, 0.6) is 5.75 Å². The third-order valence-corrected chi connectivity index (χ3v) is 4.15. The molecular weight excluding hydrogens is 352 g/mol. The third kappa shape index (κ3) is 6.08. The minimum atomic E-state index is -0.262. The number of ether oxygens (including phenoxy) is 1. The first-order chi connectivity index (χ1) is 12.5. The van der Waals surface area contributed by atoms with Crippen LogP contribution in [0.15, 0.2) is 54.6 Å². The van der Waals surface area contributed by atoms with E-state index in [-0.39, 0.29) is 24.3 Å². The molecule has 1 N–H and O–H groups in total. The Morgan fingerprint density at radius 3 is 2.46 bits per heavy atom. The number of nitrogens with one attached hydrogen (secondary N) is 1. The molecule has 0 radical (unpaired) electrons. The van der Waals surface area contributed by atoms with E-state index in [1.165, 1.54) is 0 Å². The molecule has 2 amide bonds. The molecule has 0 aliphatic heterocycles. The SMILES string of the molecule is CC(CC(=O)N(C)CCOc1ccccc1Cl)NC(=O)c1ccccc1. The normalized spacial score (nSPS) is 11.5. The monoisotopic (exact) mass is 374 g/mol. The second kappa shape index (κ2) is 9.82. The highest BCUT2D eigenvalue weighted by Gasteiger charge is 2.16. The minimum absolute atomic E-state index is 0.0615. The highest BCUT2D eigenvalue weighted by Crippen LogP contribution is 2.22. The first-order valence-corrected chi connectivity index (χ1v) is 8.82. The molecule has 0 saturated heterocycles. The van der Waals surface area contributed by atoms with Gasteiger partial charge in [-0.15, -0.1) is 0 Å². The first-order valence-electron chi connectivity index (χ1n) is 8.44. The van der Waals surface area contributed by atoms with Crippen molar-refractivity contribution in [2.45, 2.75) is 19.4 Å². The van der Waals surface area contributed by atoms with Gasteiger partial charge in [0.1, 0.15) is 12.4 Å². The Morgan fingerprint density at radius 2 is 1.77 bits per heavy atom. The molecule has 6 heteroatoms. The lowest BCUT2D eigenvalue weighted by Crippen LogP contribution is -2.39. The van der Waals surface area contributed by atoms with Gasteiger partial charge in [-0.2, -0.15) is 0 Å². The van der Waals surface area contributed by atoms with Crippen LogP contribution in [0, 0.1) is 0 Å². The van der Waals surface area contributed by atoms with Crippen molar-refractivity contribution in [3.8, 4) is 5.75 Å². The number of para-hydroxylation sites is 1. The van der Waals surface area contributed by atoms with E-state index in [2.05, 4.69) is 5.32 Å². The van der Waals surface area contributed by atoms with Crippen LogP contribution < -0.4 is 10.1 Å². The van der Waals surface area contributed by atoms with E-state index in [0.717, 1.165) is 0 Å². The van der Waals surface area contributed by atoms with Crippen molar-refractivity contribution in [3.63, 3.8) is 0 Å². The van der Waals surface area contributed by atoms with Gasteiger partial charge in [-0.25, -0.2) is 0 Å². The molecule has 2 aromatic carbocycles. The number of halogens is 1. The number of carbonyl (C=O) groups excluding carboxylic acids is 2. The second-order valence-electron chi connectivity index (χ2n) is 6.04. The van der Waals surface area contributed by atoms with Crippen molar-refractivity contribution in [1.29, 1.82) is 0 Å². The largest absolute Gasteiger partial charge is 0.490 e. The van der Waals surface area contributed by atoms with Crippen LogP contribution in [0.4, 0.5) is 0 Å². The van der Waals surface area contributed by atoms with Crippen molar-refractivity contribution >= 4 is 23.4 Å². The number of carbonyl (C=O) groups is 2. The maximum atomic E-state index is 12.3. The standard InChI is InChI=1S/C20H23ClN2O3/c1-15(22-20(25)16-8-4-3-5-9-16)14-19(24)23(2)12-13-26-18-11-7-6-10-17(18)21/h3-11,15H,12-14H2,1-2H3,(H,22,25). The van der Waals surface area contributed by atoms with Crippen LogP contribution in [0.1, 0.15) is 23.7 Å². The molecule has 5 nitrogen and oxygen atoms in total. The lowest BCUT2D eigenvalue weighted by atomic mass is 10.1. The van der Waals surface area contributed by atoms with E-state index >= 15 is 0 Å². The number of likely N-dealkylation sites (N-methyl/N-ethyl adjacent to an activating group) is 1. The fraction of sp³-hybridized carbons (Fsp3) is 0.300. The number of hydrogen-bond acceptors (Lipinski definition) is 3. The summed E-state index contributed by atoms with van der Waals surface area (Å²) in [6, 6.07) is 15.9.